The van der Waals surface area contributed by atoms with Crippen LogP contribution in [0, 0.1) is 6.92 Å². The normalized spacial score (nSPS) is 20.9. The Hall–Kier alpha value is -2.20. The van der Waals surface area contributed by atoms with Crippen LogP contribution in [0.2, 0.25) is 0 Å². The molecular formula is C23H30N2O2. The molecule has 1 saturated carbocycles. The average Bonchev–Trinajstić information content (AvgIpc) is 2.67. The topological polar surface area (TPSA) is 62.2 Å². The van der Waals surface area contributed by atoms with Crippen LogP contribution < -0.4 is 5.32 Å². The molecule has 27 heavy (non-hydrogen) atoms. The standard InChI is InChI=1S/C23H30N2O2/c1-17-7-6-14-24-23(17)19-10-5-11-20(16-19)25-21(12-13-22(26)27)15-18-8-3-2-4-9-18/h2-4,6-9,14,19-21,25H,5,10-13,15-16H2,1H3,(H,26,27). The minimum Gasteiger partial charge on any atom is -0.481 e. The molecule has 1 aromatic carbocycles. The molecule has 2 N–H and O–H groups in total. The summed E-state index contributed by atoms with van der Waals surface area (Å²) in [6, 6.07) is 15.1. The van der Waals surface area contributed by atoms with Crippen molar-refractivity contribution >= 4 is 5.97 Å². The van der Waals surface area contributed by atoms with E-state index < -0.39 is 5.97 Å². The van der Waals surface area contributed by atoms with Crippen LogP contribution in [0.3, 0.4) is 0 Å². The van der Waals surface area contributed by atoms with Gasteiger partial charge in [-0.25, -0.2) is 0 Å². The van der Waals surface area contributed by atoms with E-state index >= 15 is 0 Å². The molecular weight excluding hydrogens is 336 g/mol. The second-order valence-corrected chi connectivity index (χ2v) is 7.75. The number of hydrogen-bond acceptors (Lipinski definition) is 3. The summed E-state index contributed by atoms with van der Waals surface area (Å²) >= 11 is 0. The summed E-state index contributed by atoms with van der Waals surface area (Å²) in [5.74, 6) is -0.227. The number of benzene rings is 1. The first-order valence-corrected chi connectivity index (χ1v) is 10.0. The minimum absolute atomic E-state index is 0.192. The molecule has 1 heterocycles. The van der Waals surface area contributed by atoms with Crippen LogP contribution in [-0.4, -0.2) is 28.1 Å². The number of pyridine rings is 1. The molecule has 0 spiro atoms. The number of nitrogens with one attached hydrogen (secondary N) is 1. The fourth-order valence-corrected chi connectivity index (χ4v) is 4.29. The number of aryl methyl sites for hydroxylation is 1. The van der Waals surface area contributed by atoms with Gasteiger partial charge in [-0.15, -0.1) is 0 Å². The van der Waals surface area contributed by atoms with Gasteiger partial charge in [0.2, 0.25) is 0 Å². The average molecular weight is 367 g/mol. The minimum atomic E-state index is -0.722. The zero-order valence-corrected chi connectivity index (χ0v) is 16.1. The highest BCUT2D eigenvalue weighted by Gasteiger charge is 2.27. The predicted octanol–water partition coefficient (Wildman–Crippen LogP) is 4.48. The van der Waals surface area contributed by atoms with Crippen molar-refractivity contribution in [1.82, 2.24) is 10.3 Å². The third-order valence-corrected chi connectivity index (χ3v) is 5.61. The van der Waals surface area contributed by atoms with Gasteiger partial charge in [-0.1, -0.05) is 42.8 Å². The van der Waals surface area contributed by atoms with Gasteiger partial charge in [-0.05, 0) is 56.2 Å². The monoisotopic (exact) mass is 366 g/mol. The number of hydrogen-bond donors (Lipinski definition) is 2. The van der Waals surface area contributed by atoms with Crippen LogP contribution in [0.15, 0.2) is 48.7 Å². The Morgan fingerprint density at radius 1 is 1.22 bits per heavy atom. The first kappa shape index (κ1) is 19.6. The molecule has 4 heteroatoms. The first-order valence-electron chi connectivity index (χ1n) is 10.0. The van der Waals surface area contributed by atoms with E-state index in [4.69, 9.17) is 5.11 Å². The lowest BCUT2D eigenvalue weighted by molar-refractivity contribution is -0.137. The molecule has 0 bridgehead atoms. The SMILES string of the molecule is Cc1cccnc1C1CCCC(NC(CCC(=O)O)Cc2ccccc2)C1. The number of aromatic nitrogens is 1. The molecule has 0 amide bonds. The van der Waals surface area contributed by atoms with Crippen LogP contribution in [0.4, 0.5) is 0 Å². The number of aliphatic carboxylic acids is 1. The molecule has 3 rings (SSSR count). The van der Waals surface area contributed by atoms with Gasteiger partial charge < -0.3 is 10.4 Å². The van der Waals surface area contributed by atoms with Crippen LogP contribution in [0.5, 0.6) is 0 Å². The predicted molar refractivity (Wildman–Crippen MR) is 108 cm³/mol. The van der Waals surface area contributed by atoms with Gasteiger partial charge in [0.1, 0.15) is 0 Å². The van der Waals surface area contributed by atoms with E-state index in [1.165, 1.54) is 29.7 Å². The summed E-state index contributed by atoms with van der Waals surface area (Å²) in [7, 11) is 0. The molecule has 0 aliphatic heterocycles. The Morgan fingerprint density at radius 3 is 2.78 bits per heavy atom. The maximum absolute atomic E-state index is 11.1. The summed E-state index contributed by atoms with van der Waals surface area (Å²) in [6.07, 6.45) is 8.25. The van der Waals surface area contributed by atoms with Crippen molar-refractivity contribution < 1.29 is 9.90 Å². The lowest BCUT2D eigenvalue weighted by atomic mass is 9.81. The lowest BCUT2D eigenvalue weighted by Crippen LogP contribution is -2.42. The third-order valence-electron chi connectivity index (χ3n) is 5.61. The van der Waals surface area contributed by atoms with Gasteiger partial charge in [0, 0.05) is 36.3 Å². The molecule has 1 aliphatic rings. The van der Waals surface area contributed by atoms with E-state index in [2.05, 4.69) is 35.4 Å². The molecule has 1 aliphatic carbocycles. The quantitative estimate of drug-likeness (QED) is 0.723. The fourth-order valence-electron chi connectivity index (χ4n) is 4.29. The Labute approximate surface area is 162 Å². The second kappa shape index (κ2) is 9.65. The van der Waals surface area contributed by atoms with Gasteiger partial charge in [-0.3, -0.25) is 9.78 Å². The van der Waals surface area contributed by atoms with Crippen molar-refractivity contribution in [3.63, 3.8) is 0 Å². The third kappa shape index (κ3) is 5.90. The molecule has 1 aromatic heterocycles. The van der Waals surface area contributed by atoms with E-state index in [1.54, 1.807) is 0 Å². The summed E-state index contributed by atoms with van der Waals surface area (Å²) in [6.45, 7) is 2.14. The number of nitrogens with zero attached hydrogens (tertiary/aromatic N) is 1. The Kier molecular flexibility index (Phi) is 6.99. The van der Waals surface area contributed by atoms with Crippen LogP contribution in [0.1, 0.15) is 61.3 Å². The van der Waals surface area contributed by atoms with E-state index in [0.29, 0.717) is 18.4 Å². The van der Waals surface area contributed by atoms with E-state index in [-0.39, 0.29) is 12.5 Å². The van der Waals surface area contributed by atoms with Gasteiger partial charge >= 0.3 is 5.97 Å². The second-order valence-electron chi connectivity index (χ2n) is 7.75. The molecule has 1 fully saturated rings. The number of carboxylic acid groups (broad SMARTS) is 1. The maximum Gasteiger partial charge on any atom is 0.303 e. The number of carbonyl (C=O) groups is 1. The van der Waals surface area contributed by atoms with Crippen molar-refractivity contribution in [2.75, 3.05) is 0 Å². The summed E-state index contributed by atoms with van der Waals surface area (Å²) in [5.41, 5.74) is 3.76. The Bertz CT molecular complexity index is 732. The lowest BCUT2D eigenvalue weighted by Gasteiger charge is -2.33. The first-order chi connectivity index (χ1) is 13.1. The summed E-state index contributed by atoms with van der Waals surface area (Å²) in [5, 5.41) is 12.9. The van der Waals surface area contributed by atoms with Crippen LogP contribution in [0.25, 0.3) is 0 Å². The molecule has 0 saturated heterocycles. The molecule has 2 aromatic rings. The van der Waals surface area contributed by atoms with E-state index in [1.807, 2.05) is 30.5 Å². The highest BCUT2D eigenvalue weighted by Crippen LogP contribution is 2.33. The van der Waals surface area contributed by atoms with E-state index in [9.17, 15) is 4.79 Å². The summed E-state index contributed by atoms with van der Waals surface area (Å²) < 4.78 is 0. The Balaban J connectivity index is 1.65. The van der Waals surface area contributed by atoms with Crippen molar-refractivity contribution in [3.05, 3.63) is 65.5 Å². The molecule has 0 radical (unpaired) electrons. The van der Waals surface area contributed by atoms with Crippen molar-refractivity contribution in [3.8, 4) is 0 Å². The summed E-state index contributed by atoms with van der Waals surface area (Å²) in [4.78, 5) is 15.7. The van der Waals surface area contributed by atoms with Gasteiger partial charge in [0.15, 0.2) is 0 Å². The van der Waals surface area contributed by atoms with Crippen molar-refractivity contribution in [2.45, 2.75) is 69.9 Å². The number of carboxylic acids is 1. The van der Waals surface area contributed by atoms with E-state index in [0.717, 1.165) is 19.3 Å². The van der Waals surface area contributed by atoms with Gasteiger partial charge in [0.05, 0.1) is 0 Å². The fraction of sp³-hybridized carbons (Fsp3) is 0.478. The largest absolute Gasteiger partial charge is 0.481 e. The number of rotatable bonds is 8. The highest BCUT2D eigenvalue weighted by molar-refractivity contribution is 5.66. The molecule has 3 unspecified atom stereocenters. The van der Waals surface area contributed by atoms with Crippen molar-refractivity contribution in [2.24, 2.45) is 0 Å². The smallest absolute Gasteiger partial charge is 0.303 e. The highest BCUT2D eigenvalue weighted by atomic mass is 16.4. The molecule has 4 nitrogen and oxygen atoms in total. The van der Waals surface area contributed by atoms with Crippen LogP contribution in [-0.2, 0) is 11.2 Å². The molecule has 3 atom stereocenters. The van der Waals surface area contributed by atoms with Gasteiger partial charge in [0.25, 0.3) is 0 Å². The zero-order chi connectivity index (χ0) is 19.1. The van der Waals surface area contributed by atoms with Crippen molar-refractivity contribution in [1.29, 1.82) is 0 Å². The Morgan fingerprint density at radius 2 is 2.04 bits per heavy atom. The maximum atomic E-state index is 11.1. The van der Waals surface area contributed by atoms with Crippen LogP contribution >= 0.6 is 0 Å². The molecule has 144 valence electrons. The van der Waals surface area contributed by atoms with Gasteiger partial charge in [-0.2, -0.15) is 0 Å². The zero-order valence-electron chi connectivity index (χ0n) is 16.1.